The van der Waals surface area contributed by atoms with E-state index in [9.17, 15) is 0 Å². The Labute approximate surface area is 174 Å². The van der Waals surface area contributed by atoms with Crippen LogP contribution >= 0.6 is 12.2 Å². The molecule has 0 atom stereocenters. The minimum atomic E-state index is 0.412. The number of para-hydroxylation sites is 1. The highest BCUT2D eigenvalue weighted by Gasteiger charge is 2.13. The standard InChI is InChI=1S/C21H14N8S/c30-21-18-15(22-19(24-21)13-6-2-1-3-7-13)10-11-28-20(18)23-17(26-28)12-29-16-9-5-4-8-14(16)25-27-29/h1-11H,12H2,(H,22,24,30). The van der Waals surface area contributed by atoms with Crippen LogP contribution in [0.3, 0.4) is 0 Å². The molecule has 0 radical (unpaired) electrons. The lowest BCUT2D eigenvalue weighted by molar-refractivity contribution is 0.642. The first-order chi connectivity index (χ1) is 14.8. The molecule has 9 heteroatoms. The van der Waals surface area contributed by atoms with Crippen LogP contribution in [0.1, 0.15) is 5.82 Å². The van der Waals surface area contributed by atoms with Gasteiger partial charge in [0, 0.05) is 11.8 Å². The SMILES string of the molecule is S=c1nc(-c2ccccc2)[nH]c2ccn3nc(Cn4nnc5ccccc54)nc3c12. The molecule has 4 aromatic heterocycles. The second-order valence-electron chi connectivity index (χ2n) is 6.89. The van der Waals surface area contributed by atoms with Crippen LogP contribution in [-0.2, 0) is 6.54 Å². The summed E-state index contributed by atoms with van der Waals surface area (Å²) in [5.41, 5.74) is 4.29. The maximum absolute atomic E-state index is 5.62. The molecule has 0 spiro atoms. The van der Waals surface area contributed by atoms with E-state index in [1.165, 1.54) is 0 Å². The number of nitrogens with zero attached hydrogens (tertiary/aromatic N) is 7. The maximum atomic E-state index is 5.62. The van der Waals surface area contributed by atoms with Crippen LogP contribution in [0.5, 0.6) is 0 Å². The number of fused-ring (bicyclic) bond motifs is 4. The third-order valence-electron chi connectivity index (χ3n) is 4.99. The molecule has 0 saturated carbocycles. The minimum Gasteiger partial charge on any atom is -0.339 e. The zero-order valence-corrected chi connectivity index (χ0v) is 16.4. The molecular weight excluding hydrogens is 396 g/mol. The molecule has 0 bridgehead atoms. The number of hydrogen-bond acceptors (Lipinski definition) is 6. The van der Waals surface area contributed by atoms with Gasteiger partial charge in [0.05, 0.1) is 16.4 Å². The number of pyridine rings is 1. The predicted octanol–water partition coefficient (Wildman–Crippen LogP) is 3.80. The van der Waals surface area contributed by atoms with Crippen molar-refractivity contribution in [1.29, 1.82) is 0 Å². The smallest absolute Gasteiger partial charge is 0.173 e. The molecule has 1 N–H and O–H groups in total. The molecule has 4 heterocycles. The van der Waals surface area contributed by atoms with Crippen molar-refractivity contribution in [3.8, 4) is 11.4 Å². The second-order valence-corrected chi connectivity index (χ2v) is 7.28. The fourth-order valence-electron chi connectivity index (χ4n) is 3.59. The van der Waals surface area contributed by atoms with Gasteiger partial charge in [-0.05, 0) is 18.2 Å². The van der Waals surface area contributed by atoms with Crippen molar-refractivity contribution in [3.63, 3.8) is 0 Å². The first-order valence-electron chi connectivity index (χ1n) is 9.38. The van der Waals surface area contributed by atoms with E-state index in [1.54, 1.807) is 9.20 Å². The summed E-state index contributed by atoms with van der Waals surface area (Å²) in [6.07, 6.45) is 1.87. The van der Waals surface area contributed by atoms with Gasteiger partial charge >= 0.3 is 0 Å². The fourth-order valence-corrected chi connectivity index (χ4v) is 3.88. The zero-order valence-electron chi connectivity index (χ0n) is 15.6. The van der Waals surface area contributed by atoms with Crippen LogP contribution in [0.15, 0.2) is 66.9 Å². The van der Waals surface area contributed by atoms with Gasteiger partial charge in [-0.15, -0.1) is 10.2 Å². The Kier molecular flexibility index (Phi) is 3.68. The molecule has 6 aromatic rings. The average Bonchev–Trinajstić information content (AvgIpc) is 3.38. The van der Waals surface area contributed by atoms with Crippen molar-refractivity contribution in [2.45, 2.75) is 6.54 Å². The van der Waals surface area contributed by atoms with Crippen molar-refractivity contribution in [3.05, 3.63) is 77.3 Å². The Morgan fingerprint density at radius 1 is 0.933 bits per heavy atom. The monoisotopic (exact) mass is 410 g/mol. The number of benzene rings is 2. The Hall–Kier alpha value is -3.98. The molecule has 0 aliphatic heterocycles. The Bertz CT molecular complexity index is 1600. The summed E-state index contributed by atoms with van der Waals surface area (Å²) in [6.45, 7) is 0.412. The topological polar surface area (TPSA) is 89.6 Å². The van der Waals surface area contributed by atoms with Crippen molar-refractivity contribution in [2.75, 3.05) is 0 Å². The summed E-state index contributed by atoms with van der Waals surface area (Å²) in [7, 11) is 0. The lowest BCUT2D eigenvalue weighted by Gasteiger charge is -2.05. The van der Waals surface area contributed by atoms with Gasteiger partial charge < -0.3 is 4.98 Å². The summed E-state index contributed by atoms with van der Waals surface area (Å²) >= 11 is 5.62. The van der Waals surface area contributed by atoms with E-state index >= 15 is 0 Å². The molecule has 0 aliphatic carbocycles. The number of nitrogens with one attached hydrogen (secondary N) is 1. The Morgan fingerprint density at radius 2 is 1.77 bits per heavy atom. The van der Waals surface area contributed by atoms with Gasteiger partial charge in [0.25, 0.3) is 0 Å². The lowest BCUT2D eigenvalue weighted by atomic mass is 10.2. The van der Waals surface area contributed by atoms with Gasteiger partial charge in [-0.2, -0.15) is 0 Å². The number of aromatic amines is 1. The van der Waals surface area contributed by atoms with Crippen molar-refractivity contribution >= 4 is 39.8 Å². The first-order valence-corrected chi connectivity index (χ1v) is 9.79. The van der Waals surface area contributed by atoms with E-state index in [0.29, 0.717) is 22.7 Å². The highest BCUT2D eigenvalue weighted by molar-refractivity contribution is 7.71. The molecule has 8 nitrogen and oxygen atoms in total. The van der Waals surface area contributed by atoms with E-state index in [0.717, 1.165) is 33.3 Å². The van der Waals surface area contributed by atoms with Gasteiger partial charge in [-0.25, -0.2) is 19.2 Å². The lowest BCUT2D eigenvalue weighted by Crippen LogP contribution is -2.03. The summed E-state index contributed by atoms with van der Waals surface area (Å²) in [5, 5.41) is 13.8. The summed E-state index contributed by atoms with van der Waals surface area (Å²) in [6, 6.07) is 19.7. The molecule has 0 fully saturated rings. The largest absolute Gasteiger partial charge is 0.339 e. The average molecular weight is 410 g/mol. The van der Waals surface area contributed by atoms with E-state index < -0.39 is 0 Å². The maximum Gasteiger partial charge on any atom is 0.173 e. The number of aromatic nitrogens is 8. The van der Waals surface area contributed by atoms with Crippen LogP contribution in [0.2, 0.25) is 0 Å². The molecule has 144 valence electrons. The van der Waals surface area contributed by atoms with Crippen LogP contribution in [0.4, 0.5) is 0 Å². The fraction of sp³-hybridized carbons (Fsp3) is 0.0476. The van der Waals surface area contributed by atoms with Crippen LogP contribution in [-0.4, -0.2) is 39.6 Å². The van der Waals surface area contributed by atoms with E-state index in [2.05, 4.69) is 25.4 Å². The summed E-state index contributed by atoms with van der Waals surface area (Å²) in [5.74, 6) is 1.35. The van der Waals surface area contributed by atoms with Gasteiger partial charge in [-0.3, -0.25) is 0 Å². The summed E-state index contributed by atoms with van der Waals surface area (Å²) < 4.78 is 4.00. The molecule has 0 amide bonds. The van der Waals surface area contributed by atoms with Crippen LogP contribution < -0.4 is 0 Å². The first kappa shape index (κ1) is 16.9. The number of rotatable bonds is 3. The highest BCUT2D eigenvalue weighted by atomic mass is 32.1. The number of H-pyrrole nitrogens is 1. The van der Waals surface area contributed by atoms with Gasteiger partial charge in [0.2, 0.25) is 0 Å². The van der Waals surface area contributed by atoms with Gasteiger partial charge in [0.15, 0.2) is 11.5 Å². The van der Waals surface area contributed by atoms with E-state index in [-0.39, 0.29) is 0 Å². The minimum absolute atomic E-state index is 0.412. The molecular formula is C21H14N8S. The third-order valence-corrected chi connectivity index (χ3v) is 5.28. The van der Waals surface area contributed by atoms with Crippen LogP contribution in [0.25, 0.3) is 39.0 Å². The molecule has 0 unspecified atom stereocenters. The second kappa shape index (κ2) is 6.53. The Morgan fingerprint density at radius 3 is 2.67 bits per heavy atom. The molecule has 0 aliphatic rings. The molecule has 0 saturated heterocycles. The third kappa shape index (κ3) is 2.67. The number of hydrogen-bond donors (Lipinski definition) is 1. The quantitative estimate of drug-likeness (QED) is 0.447. The normalized spacial score (nSPS) is 11.6. The Balaban J connectivity index is 1.48. The zero-order chi connectivity index (χ0) is 20.1. The molecule has 30 heavy (non-hydrogen) atoms. The highest BCUT2D eigenvalue weighted by Crippen LogP contribution is 2.22. The summed E-state index contributed by atoms with van der Waals surface area (Å²) in [4.78, 5) is 12.7. The predicted molar refractivity (Wildman–Crippen MR) is 116 cm³/mol. The van der Waals surface area contributed by atoms with E-state index in [4.69, 9.17) is 17.2 Å². The van der Waals surface area contributed by atoms with Crippen molar-refractivity contribution in [1.82, 2.24) is 39.6 Å². The van der Waals surface area contributed by atoms with Gasteiger partial charge in [0.1, 0.15) is 22.5 Å². The van der Waals surface area contributed by atoms with Gasteiger partial charge in [-0.1, -0.05) is 59.9 Å². The van der Waals surface area contributed by atoms with E-state index in [1.807, 2.05) is 66.9 Å². The van der Waals surface area contributed by atoms with Crippen molar-refractivity contribution < 1.29 is 0 Å². The van der Waals surface area contributed by atoms with Crippen LogP contribution in [0, 0.1) is 4.64 Å². The molecule has 6 rings (SSSR count). The van der Waals surface area contributed by atoms with Crippen molar-refractivity contribution in [2.24, 2.45) is 0 Å². The molecule has 2 aromatic carbocycles.